The highest BCUT2D eigenvalue weighted by Gasteiger charge is 2.20. The molecule has 0 bridgehead atoms. The summed E-state index contributed by atoms with van der Waals surface area (Å²) in [4.78, 5) is 4.26. The molecule has 144 valence electrons. The van der Waals surface area contributed by atoms with Crippen LogP contribution in [0.3, 0.4) is 0 Å². The van der Waals surface area contributed by atoms with Crippen LogP contribution in [0.5, 0.6) is 11.5 Å². The van der Waals surface area contributed by atoms with Crippen LogP contribution in [0.15, 0.2) is 41.4 Å². The van der Waals surface area contributed by atoms with E-state index in [1.807, 2.05) is 0 Å². The third kappa shape index (κ3) is 4.25. The lowest BCUT2D eigenvalue weighted by molar-refractivity contribution is 0.120. The third-order valence-corrected chi connectivity index (χ3v) is 5.74. The molecule has 8 nitrogen and oxygen atoms in total. The molecule has 0 amide bonds. The Morgan fingerprint density at radius 2 is 1.93 bits per heavy atom. The van der Waals surface area contributed by atoms with Gasteiger partial charge in [0.15, 0.2) is 11.5 Å². The maximum Gasteiger partial charge on any atom is 0.263 e. The minimum atomic E-state index is -3.77. The van der Waals surface area contributed by atoms with Crippen molar-refractivity contribution in [1.82, 2.24) is 4.98 Å². The Bertz CT molecular complexity index is 896. The van der Waals surface area contributed by atoms with Crippen LogP contribution < -0.4 is 19.5 Å². The highest BCUT2D eigenvalue weighted by molar-refractivity contribution is 7.92. The van der Waals surface area contributed by atoms with Gasteiger partial charge in [-0.3, -0.25) is 4.72 Å². The average molecular weight is 391 g/mol. The first-order valence-electron chi connectivity index (χ1n) is 8.84. The van der Waals surface area contributed by atoms with Crippen LogP contribution in [-0.4, -0.2) is 45.9 Å². The molecule has 9 heteroatoms. The number of pyridine rings is 1. The minimum absolute atomic E-state index is 0.0918. The molecular formula is C18H21N3O5S. The molecule has 2 aliphatic heterocycles. The van der Waals surface area contributed by atoms with Gasteiger partial charge in [0.25, 0.3) is 10.0 Å². The molecule has 0 saturated carbocycles. The van der Waals surface area contributed by atoms with E-state index in [9.17, 15) is 8.42 Å². The lowest BCUT2D eigenvalue weighted by atomic mass is 10.2. The van der Waals surface area contributed by atoms with Gasteiger partial charge in [-0.05, 0) is 37.1 Å². The van der Waals surface area contributed by atoms with E-state index in [2.05, 4.69) is 15.0 Å². The van der Waals surface area contributed by atoms with Crippen LogP contribution >= 0.6 is 0 Å². The summed E-state index contributed by atoms with van der Waals surface area (Å²) in [6, 6.07) is 7.92. The van der Waals surface area contributed by atoms with Gasteiger partial charge in [0.05, 0.1) is 22.9 Å². The molecule has 2 aliphatic rings. The molecule has 1 saturated heterocycles. The molecule has 1 unspecified atom stereocenters. The molecular weight excluding hydrogens is 370 g/mol. The lowest BCUT2D eigenvalue weighted by Crippen LogP contribution is -2.19. The van der Waals surface area contributed by atoms with Crippen LogP contribution in [0.25, 0.3) is 0 Å². The molecule has 1 atom stereocenters. The summed E-state index contributed by atoms with van der Waals surface area (Å²) in [6.45, 7) is 2.37. The maximum atomic E-state index is 12.6. The predicted octanol–water partition coefficient (Wildman–Crippen LogP) is 2.24. The van der Waals surface area contributed by atoms with Crippen LogP contribution in [0.4, 0.5) is 11.5 Å². The Hall–Kier alpha value is -2.52. The van der Waals surface area contributed by atoms with E-state index in [1.165, 1.54) is 12.1 Å². The summed E-state index contributed by atoms with van der Waals surface area (Å²) < 4.78 is 44.1. The zero-order valence-electron chi connectivity index (χ0n) is 14.7. The van der Waals surface area contributed by atoms with E-state index in [0.717, 1.165) is 25.1 Å². The highest BCUT2D eigenvalue weighted by atomic mass is 32.2. The second-order valence-electron chi connectivity index (χ2n) is 6.36. The second-order valence-corrected chi connectivity index (χ2v) is 8.04. The van der Waals surface area contributed by atoms with Gasteiger partial charge in [0, 0.05) is 19.2 Å². The number of hydrogen-bond acceptors (Lipinski definition) is 7. The quantitative estimate of drug-likeness (QED) is 0.779. The van der Waals surface area contributed by atoms with Gasteiger partial charge in [-0.1, -0.05) is 0 Å². The van der Waals surface area contributed by atoms with Crippen molar-refractivity contribution in [3.8, 4) is 11.5 Å². The molecule has 3 heterocycles. The van der Waals surface area contributed by atoms with Crippen LogP contribution in [0.1, 0.15) is 12.8 Å². The summed E-state index contributed by atoms with van der Waals surface area (Å²) >= 11 is 0. The molecule has 0 radical (unpaired) electrons. The molecule has 1 aromatic heterocycles. The summed E-state index contributed by atoms with van der Waals surface area (Å²) in [7, 11) is -3.77. The van der Waals surface area contributed by atoms with Crippen molar-refractivity contribution in [2.75, 3.05) is 36.4 Å². The van der Waals surface area contributed by atoms with Crippen LogP contribution in [0, 0.1) is 0 Å². The zero-order chi connectivity index (χ0) is 18.7. The Labute approximate surface area is 157 Å². The number of hydrogen-bond donors (Lipinski definition) is 2. The van der Waals surface area contributed by atoms with Gasteiger partial charge in [0.2, 0.25) is 0 Å². The van der Waals surface area contributed by atoms with Crippen LogP contribution in [-0.2, 0) is 14.8 Å². The van der Waals surface area contributed by atoms with Gasteiger partial charge >= 0.3 is 0 Å². The number of rotatable bonds is 6. The Balaban J connectivity index is 1.41. The first kappa shape index (κ1) is 17.9. The number of nitrogens with one attached hydrogen (secondary N) is 2. The fraction of sp³-hybridized carbons (Fsp3) is 0.389. The van der Waals surface area contributed by atoms with Gasteiger partial charge in [-0.2, -0.15) is 0 Å². The molecule has 0 aliphatic carbocycles. The van der Waals surface area contributed by atoms with Gasteiger partial charge in [0.1, 0.15) is 19.0 Å². The van der Waals surface area contributed by atoms with Crippen molar-refractivity contribution in [3.63, 3.8) is 0 Å². The molecule has 27 heavy (non-hydrogen) atoms. The summed E-state index contributed by atoms with van der Waals surface area (Å²) in [5.41, 5.74) is 0.813. The van der Waals surface area contributed by atoms with Gasteiger partial charge < -0.3 is 19.5 Å². The zero-order valence-corrected chi connectivity index (χ0v) is 15.5. The molecule has 2 N–H and O–H groups in total. The molecule has 0 spiro atoms. The van der Waals surface area contributed by atoms with Crippen molar-refractivity contribution in [1.29, 1.82) is 0 Å². The number of sulfonamides is 1. The van der Waals surface area contributed by atoms with Crippen molar-refractivity contribution in [3.05, 3.63) is 36.5 Å². The van der Waals surface area contributed by atoms with Crippen molar-refractivity contribution < 1.29 is 22.6 Å². The first-order valence-corrected chi connectivity index (χ1v) is 10.3. The lowest BCUT2D eigenvalue weighted by Gasteiger charge is -2.19. The molecule has 2 aromatic rings. The predicted molar refractivity (Wildman–Crippen MR) is 99.9 cm³/mol. The monoisotopic (exact) mass is 391 g/mol. The highest BCUT2D eigenvalue weighted by Crippen LogP contribution is 2.32. The van der Waals surface area contributed by atoms with Crippen molar-refractivity contribution >= 4 is 21.5 Å². The topological polar surface area (TPSA) is 98.8 Å². The second kappa shape index (κ2) is 7.61. The molecule has 1 aromatic carbocycles. The SMILES string of the molecule is O=S(=O)(Nc1ccc(NCC2CCCO2)cn1)c1ccc2c(c1)OCCO2. The van der Waals surface area contributed by atoms with E-state index in [-0.39, 0.29) is 16.8 Å². The maximum absolute atomic E-state index is 12.6. The number of benzene rings is 1. The van der Waals surface area contributed by atoms with Crippen molar-refractivity contribution in [2.24, 2.45) is 0 Å². The Morgan fingerprint density at radius 1 is 1.07 bits per heavy atom. The van der Waals surface area contributed by atoms with E-state index in [0.29, 0.717) is 31.3 Å². The average Bonchev–Trinajstić information content (AvgIpc) is 3.20. The van der Waals surface area contributed by atoms with E-state index >= 15 is 0 Å². The van der Waals surface area contributed by atoms with Crippen molar-refractivity contribution in [2.45, 2.75) is 23.8 Å². The number of nitrogens with zero attached hydrogens (tertiary/aromatic N) is 1. The van der Waals surface area contributed by atoms with E-state index in [4.69, 9.17) is 14.2 Å². The normalized spacial score (nSPS) is 18.9. The molecule has 4 rings (SSSR count). The van der Waals surface area contributed by atoms with Gasteiger partial charge in [-0.15, -0.1) is 0 Å². The third-order valence-electron chi connectivity index (χ3n) is 4.38. The van der Waals surface area contributed by atoms with Gasteiger partial charge in [-0.25, -0.2) is 13.4 Å². The summed E-state index contributed by atoms with van der Waals surface area (Å²) in [6.07, 6.45) is 3.95. The minimum Gasteiger partial charge on any atom is -0.486 e. The standard InChI is InChI=1S/C18H21N3O5S/c22-27(23,15-4-5-16-17(10-15)26-9-8-25-16)21-18-6-3-13(11-20-18)19-12-14-2-1-7-24-14/h3-6,10-11,14,19H,1-2,7-9,12H2,(H,20,21). The Morgan fingerprint density at radius 3 is 2.67 bits per heavy atom. The number of aromatic nitrogens is 1. The molecule has 1 fully saturated rings. The largest absolute Gasteiger partial charge is 0.486 e. The number of anilines is 2. The van der Waals surface area contributed by atoms with E-state index in [1.54, 1.807) is 24.4 Å². The smallest absolute Gasteiger partial charge is 0.263 e. The summed E-state index contributed by atoms with van der Waals surface area (Å²) in [5, 5.41) is 3.25. The first-order chi connectivity index (χ1) is 13.1. The fourth-order valence-corrected chi connectivity index (χ4v) is 4.01. The number of fused-ring (bicyclic) bond motifs is 1. The van der Waals surface area contributed by atoms with Crippen LogP contribution in [0.2, 0.25) is 0 Å². The van der Waals surface area contributed by atoms with E-state index < -0.39 is 10.0 Å². The summed E-state index contributed by atoms with van der Waals surface area (Å²) in [5.74, 6) is 1.21. The number of ether oxygens (including phenoxy) is 3. The Kier molecular flexibility index (Phi) is 5.04. The fourth-order valence-electron chi connectivity index (χ4n) is 2.98.